The van der Waals surface area contributed by atoms with Crippen LogP contribution in [0.3, 0.4) is 0 Å². The molecule has 1 fully saturated rings. The number of hydrogen-bond acceptors (Lipinski definition) is 5. The molecular weight excluding hydrogens is 432 g/mol. The van der Waals surface area contributed by atoms with E-state index >= 15 is 0 Å². The first-order valence-electron chi connectivity index (χ1n) is 11.3. The van der Waals surface area contributed by atoms with Gasteiger partial charge in [-0.2, -0.15) is 0 Å². The van der Waals surface area contributed by atoms with Gasteiger partial charge in [0.15, 0.2) is 9.84 Å². The van der Waals surface area contributed by atoms with Crippen molar-refractivity contribution in [2.45, 2.75) is 36.4 Å². The molecule has 1 aliphatic rings. The van der Waals surface area contributed by atoms with Gasteiger partial charge in [0.1, 0.15) is 5.58 Å². The van der Waals surface area contributed by atoms with Crippen molar-refractivity contribution in [3.63, 3.8) is 0 Å². The van der Waals surface area contributed by atoms with Crippen molar-refractivity contribution in [2.24, 2.45) is 0 Å². The minimum atomic E-state index is -3.22. The van der Waals surface area contributed by atoms with E-state index in [-0.39, 0.29) is 6.04 Å². The second kappa shape index (κ2) is 9.14. The van der Waals surface area contributed by atoms with Crippen LogP contribution in [0.5, 0.6) is 0 Å². The fraction of sp³-hybridized carbons (Fsp3) is 0.259. The molecule has 0 amide bonds. The summed E-state index contributed by atoms with van der Waals surface area (Å²) in [6.45, 7) is 1.72. The molecule has 1 aromatic heterocycles. The summed E-state index contributed by atoms with van der Waals surface area (Å²) in [4.78, 5) is 0.328. The van der Waals surface area contributed by atoms with E-state index in [0.29, 0.717) is 17.5 Å². The van der Waals surface area contributed by atoms with Crippen molar-refractivity contribution in [1.29, 1.82) is 0 Å². The van der Waals surface area contributed by atoms with Crippen molar-refractivity contribution in [2.75, 3.05) is 12.8 Å². The summed E-state index contributed by atoms with van der Waals surface area (Å²) in [7, 11) is -3.22. The summed E-state index contributed by atoms with van der Waals surface area (Å²) in [6, 6.07) is 24.5. The number of rotatable bonds is 6. The summed E-state index contributed by atoms with van der Waals surface area (Å²) < 4.78 is 29.4. The van der Waals surface area contributed by atoms with Gasteiger partial charge in [0.25, 0.3) is 0 Å². The molecule has 0 bridgehead atoms. The van der Waals surface area contributed by atoms with E-state index in [1.165, 1.54) is 11.8 Å². The number of furan rings is 1. The Morgan fingerprint density at radius 1 is 1.00 bits per heavy atom. The van der Waals surface area contributed by atoms with E-state index < -0.39 is 9.84 Å². The van der Waals surface area contributed by atoms with E-state index in [2.05, 4.69) is 53.1 Å². The lowest BCUT2D eigenvalue weighted by atomic mass is 9.92. The van der Waals surface area contributed by atoms with Gasteiger partial charge in [-0.3, -0.25) is 0 Å². The molecule has 33 heavy (non-hydrogen) atoms. The molecule has 170 valence electrons. The van der Waals surface area contributed by atoms with Crippen LogP contribution in [0, 0.1) is 0 Å². The number of piperidine rings is 1. The van der Waals surface area contributed by atoms with E-state index in [4.69, 9.17) is 4.42 Å². The van der Waals surface area contributed by atoms with Crippen molar-refractivity contribution >= 4 is 20.8 Å². The van der Waals surface area contributed by atoms with Crippen LogP contribution in [-0.2, 0) is 16.4 Å². The molecule has 2 N–H and O–H groups in total. The standard InChI is InChI=1S/C27H28N2O3S/c1-33(30,31)24-11-9-19(10-12-24)22-16-21-13-15-32-27(21)23(17-22)18-29-25-8-5-14-28-26(25)20-6-3-2-4-7-20/h2-4,6-7,9-13,15-17,25-26,28-29H,5,8,14,18H2,1H3/t25-,26-/m1/s1. The van der Waals surface area contributed by atoms with Crippen LogP contribution in [0.1, 0.15) is 30.0 Å². The zero-order chi connectivity index (χ0) is 22.8. The number of sulfone groups is 1. The predicted octanol–water partition coefficient (Wildman–Crippen LogP) is 5.09. The van der Waals surface area contributed by atoms with Gasteiger partial charge >= 0.3 is 0 Å². The van der Waals surface area contributed by atoms with Crippen LogP contribution in [0.15, 0.2) is 88.4 Å². The van der Waals surface area contributed by atoms with Gasteiger partial charge in [0, 0.05) is 35.8 Å². The largest absolute Gasteiger partial charge is 0.464 e. The molecule has 4 aromatic rings. The van der Waals surface area contributed by atoms with Gasteiger partial charge in [0.2, 0.25) is 0 Å². The summed E-state index contributed by atoms with van der Waals surface area (Å²) in [5, 5.41) is 8.49. The molecule has 6 heteroatoms. The Balaban J connectivity index is 1.42. The van der Waals surface area contributed by atoms with Crippen molar-refractivity contribution in [1.82, 2.24) is 10.6 Å². The zero-order valence-corrected chi connectivity index (χ0v) is 19.4. The maximum Gasteiger partial charge on any atom is 0.175 e. The molecule has 0 spiro atoms. The van der Waals surface area contributed by atoms with Crippen molar-refractivity contribution in [3.05, 3.63) is 90.2 Å². The highest BCUT2D eigenvalue weighted by atomic mass is 32.2. The quantitative estimate of drug-likeness (QED) is 0.420. The molecule has 1 saturated heterocycles. The minimum absolute atomic E-state index is 0.277. The predicted molar refractivity (Wildman–Crippen MR) is 132 cm³/mol. The molecule has 0 unspecified atom stereocenters. The van der Waals surface area contributed by atoms with Gasteiger partial charge in [-0.15, -0.1) is 0 Å². The molecule has 2 heterocycles. The summed E-state index contributed by atoms with van der Waals surface area (Å²) in [5.74, 6) is 0. The van der Waals surface area contributed by atoms with Crippen molar-refractivity contribution in [3.8, 4) is 11.1 Å². The Morgan fingerprint density at radius 3 is 2.55 bits per heavy atom. The Labute approximate surface area is 194 Å². The van der Waals surface area contributed by atoms with Crippen LogP contribution >= 0.6 is 0 Å². The number of hydrogen-bond donors (Lipinski definition) is 2. The Morgan fingerprint density at radius 2 is 1.79 bits per heavy atom. The highest BCUT2D eigenvalue weighted by molar-refractivity contribution is 7.90. The molecule has 1 aliphatic heterocycles. The van der Waals surface area contributed by atoms with E-state index in [1.54, 1.807) is 18.4 Å². The van der Waals surface area contributed by atoms with E-state index in [0.717, 1.165) is 47.0 Å². The minimum Gasteiger partial charge on any atom is -0.464 e. The third-order valence-electron chi connectivity index (χ3n) is 6.42. The first-order chi connectivity index (χ1) is 16.0. The highest BCUT2D eigenvalue weighted by Crippen LogP contribution is 2.30. The van der Waals surface area contributed by atoms with Crippen LogP contribution in [-0.4, -0.2) is 27.3 Å². The van der Waals surface area contributed by atoms with E-state index in [9.17, 15) is 8.42 Å². The molecule has 3 aromatic carbocycles. The van der Waals surface area contributed by atoms with Gasteiger partial charge in [0.05, 0.1) is 11.2 Å². The Bertz CT molecular complexity index is 1350. The van der Waals surface area contributed by atoms with Gasteiger partial charge in [-0.25, -0.2) is 8.42 Å². The summed E-state index contributed by atoms with van der Waals surface area (Å²) in [5.41, 5.74) is 5.31. The fourth-order valence-corrected chi connectivity index (χ4v) is 5.34. The van der Waals surface area contributed by atoms with E-state index in [1.807, 2.05) is 18.2 Å². The first-order valence-corrected chi connectivity index (χ1v) is 13.2. The average molecular weight is 461 g/mol. The third-order valence-corrected chi connectivity index (χ3v) is 7.54. The lowest BCUT2D eigenvalue weighted by Crippen LogP contribution is -2.45. The normalized spacial score (nSPS) is 19.1. The lowest BCUT2D eigenvalue weighted by molar-refractivity contribution is 0.304. The average Bonchev–Trinajstić information content (AvgIpc) is 3.32. The van der Waals surface area contributed by atoms with Gasteiger partial charge < -0.3 is 15.1 Å². The molecule has 0 saturated carbocycles. The van der Waals surface area contributed by atoms with Crippen LogP contribution in [0.25, 0.3) is 22.1 Å². The molecule has 5 nitrogen and oxygen atoms in total. The zero-order valence-electron chi connectivity index (χ0n) is 18.6. The molecule has 0 radical (unpaired) electrons. The number of fused-ring (bicyclic) bond motifs is 1. The molecule has 5 rings (SSSR count). The van der Waals surface area contributed by atoms with Gasteiger partial charge in [-0.05, 0) is 66.4 Å². The second-order valence-corrected chi connectivity index (χ2v) is 10.8. The van der Waals surface area contributed by atoms with Crippen molar-refractivity contribution < 1.29 is 12.8 Å². The molecule has 2 atom stereocenters. The monoisotopic (exact) mass is 460 g/mol. The lowest BCUT2D eigenvalue weighted by Gasteiger charge is -2.34. The SMILES string of the molecule is CS(=O)(=O)c1ccc(-c2cc(CN[C@@H]3CCCN[C@@H]3c3ccccc3)c3occc3c2)cc1. The smallest absolute Gasteiger partial charge is 0.175 e. The third kappa shape index (κ3) is 4.74. The molecular formula is C27H28N2O3S. The van der Waals surface area contributed by atoms with Gasteiger partial charge in [-0.1, -0.05) is 42.5 Å². The summed E-state index contributed by atoms with van der Waals surface area (Å²) in [6.07, 6.45) is 5.20. The highest BCUT2D eigenvalue weighted by Gasteiger charge is 2.26. The number of benzene rings is 3. The summed E-state index contributed by atoms with van der Waals surface area (Å²) >= 11 is 0. The Hall–Kier alpha value is -2.93. The number of nitrogens with one attached hydrogen (secondary N) is 2. The van der Waals surface area contributed by atoms with Crippen LogP contribution < -0.4 is 10.6 Å². The Kier molecular flexibility index (Phi) is 6.06. The van der Waals surface area contributed by atoms with Crippen LogP contribution in [0.4, 0.5) is 0 Å². The van der Waals surface area contributed by atoms with Crippen LogP contribution in [0.2, 0.25) is 0 Å². The molecule has 0 aliphatic carbocycles. The fourth-order valence-electron chi connectivity index (χ4n) is 4.71. The maximum atomic E-state index is 11.8. The maximum absolute atomic E-state index is 11.8. The topological polar surface area (TPSA) is 71.3 Å². The first kappa shape index (κ1) is 21.9. The second-order valence-electron chi connectivity index (χ2n) is 8.74.